The first-order valence-electron chi connectivity index (χ1n) is 14.1. The lowest BCUT2D eigenvalue weighted by Crippen LogP contribution is -2.56. The molecule has 4 N–H and O–H groups in total. The molecule has 0 fully saturated rings. The van der Waals surface area contributed by atoms with Crippen LogP contribution in [-0.4, -0.2) is 57.4 Å². The highest BCUT2D eigenvalue weighted by molar-refractivity contribution is 6.16. The molecule has 0 aromatic heterocycles. The third-order valence-electron chi connectivity index (χ3n) is 6.75. The van der Waals surface area contributed by atoms with E-state index in [4.69, 9.17) is 4.74 Å². The molecule has 38 heavy (non-hydrogen) atoms. The zero-order chi connectivity index (χ0) is 28.2. The van der Waals surface area contributed by atoms with Gasteiger partial charge in [-0.05, 0) is 55.9 Å². The molecule has 7 heteroatoms. The Labute approximate surface area is 228 Å². The van der Waals surface area contributed by atoms with Gasteiger partial charge in [-0.15, -0.1) is 0 Å². The van der Waals surface area contributed by atoms with E-state index in [2.05, 4.69) is 19.1 Å². The van der Waals surface area contributed by atoms with Crippen molar-refractivity contribution in [2.75, 3.05) is 13.7 Å². The van der Waals surface area contributed by atoms with Crippen LogP contribution in [0.5, 0.6) is 11.5 Å². The van der Waals surface area contributed by atoms with Gasteiger partial charge in [0.25, 0.3) is 0 Å². The lowest BCUT2D eigenvalue weighted by molar-refractivity contribution is -0.163. The number of hydrogen-bond acceptors (Lipinski definition) is 7. The van der Waals surface area contributed by atoms with Crippen LogP contribution in [0.3, 0.4) is 0 Å². The standard InChI is InChI=1S/C31H48O7/c1-3-4-5-6-7-8-9-10-11-12-13-14-15-16-17-18-28(34)31(37,30(36)24-32)29(35)22-20-25-19-21-26(33)27(23-25)38-2/h10-11,19-23,30,32-33,36-37H,3-9,12-18,24H2,1-2H3/b11-10-,22-20+. The van der Waals surface area contributed by atoms with Gasteiger partial charge in [-0.2, -0.15) is 0 Å². The highest BCUT2D eigenvalue weighted by atomic mass is 16.5. The molecule has 0 saturated carbocycles. The summed E-state index contributed by atoms with van der Waals surface area (Å²) in [5.74, 6) is -1.69. The first kappa shape index (κ1) is 33.5. The molecular weight excluding hydrogens is 484 g/mol. The van der Waals surface area contributed by atoms with Crippen LogP contribution in [0.15, 0.2) is 36.4 Å². The number of carbonyl (C=O) groups excluding carboxylic acids is 2. The first-order valence-corrected chi connectivity index (χ1v) is 14.1. The van der Waals surface area contributed by atoms with Crippen molar-refractivity contribution >= 4 is 17.6 Å². The molecule has 2 atom stereocenters. The van der Waals surface area contributed by atoms with Gasteiger partial charge in [-0.1, -0.05) is 82.6 Å². The normalized spacial score (nSPS) is 14.1. The summed E-state index contributed by atoms with van der Waals surface area (Å²) in [5.41, 5.74) is -2.23. The van der Waals surface area contributed by atoms with E-state index in [9.17, 15) is 30.0 Å². The summed E-state index contributed by atoms with van der Waals surface area (Å²) in [7, 11) is 1.39. The molecule has 0 heterocycles. The van der Waals surface area contributed by atoms with Gasteiger partial charge in [0, 0.05) is 6.42 Å². The van der Waals surface area contributed by atoms with Gasteiger partial charge in [-0.3, -0.25) is 9.59 Å². The van der Waals surface area contributed by atoms with E-state index in [-0.39, 0.29) is 17.9 Å². The van der Waals surface area contributed by atoms with Crippen LogP contribution in [-0.2, 0) is 9.59 Å². The SMILES string of the molecule is CCCCCCCC/C=C\CCCCCCCC(=O)C(O)(C(=O)/C=C/c1ccc(O)c(OC)c1)C(O)CO. The Balaban J connectivity index is 2.41. The van der Waals surface area contributed by atoms with Gasteiger partial charge in [-0.25, -0.2) is 0 Å². The van der Waals surface area contributed by atoms with Crippen LogP contribution in [0.2, 0.25) is 0 Å². The van der Waals surface area contributed by atoms with Gasteiger partial charge in [0.05, 0.1) is 13.7 Å². The Morgan fingerprint density at radius 2 is 1.53 bits per heavy atom. The van der Waals surface area contributed by atoms with Crippen LogP contribution in [0.1, 0.15) is 102 Å². The third kappa shape index (κ3) is 11.9. The molecule has 214 valence electrons. The van der Waals surface area contributed by atoms with Crippen molar-refractivity contribution in [2.24, 2.45) is 0 Å². The summed E-state index contributed by atoms with van der Waals surface area (Å²) < 4.78 is 5.02. The second kappa shape index (κ2) is 19.6. The largest absolute Gasteiger partial charge is 0.504 e. The lowest BCUT2D eigenvalue weighted by Gasteiger charge is -2.28. The average Bonchev–Trinajstić information content (AvgIpc) is 2.93. The van der Waals surface area contributed by atoms with Crippen LogP contribution in [0, 0.1) is 0 Å². The molecule has 0 spiro atoms. The van der Waals surface area contributed by atoms with Gasteiger partial charge in [0.2, 0.25) is 5.60 Å². The van der Waals surface area contributed by atoms with Crippen molar-refractivity contribution in [3.8, 4) is 11.5 Å². The molecule has 1 aromatic carbocycles. The minimum atomic E-state index is -2.72. The average molecular weight is 533 g/mol. The maximum Gasteiger partial charge on any atom is 0.213 e. The summed E-state index contributed by atoms with van der Waals surface area (Å²) >= 11 is 0. The van der Waals surface area contributed by atoms with Crippen molar-refractivity contribution in [2.45, 2.75) is 109 Å². The first-order chi connectivity index (χ1) is 18.3. The Hall–Kier alpha value is -2.48. The van der Waals surface area contributed by atoms with Crippen molar-refractivity contribution in [3.05, 3.63) is 42.0 Å². The highest BCUT2D eigenvalue weighted by Crippen LogP contribution is 2.27. The molecule has 0 aliphatic carbocycles. The topological polar surface area (TPSA) is 124 Å². The van der Waals surface area contributed by atoms with Gasteiger partial charge in [0.1, 0.15) is 6.10 Å². The number of rotatable bonds is 22. The molecule has 0 aliphatic heterocycles. The van der Waals surface area contributed by atoms with E-state index >= 15 is 0 Å². The number of hydrogen-bond donors (Lipinski definition) is 4. The Bertz CT molecular complexity index is 877. The number of carbonyl (C=O) groups is 2. The van der Waals surface area contributed by atoms with Crippen LogP contribution >= 0.6 is 0 Å². The fraction of sp³-hybridized carbons (Fsp3) is 0.613. The van der Waals surface area contributed by atoms with E-state index in [0.29, 0.717) is 12.0 Å². The Morgan fingerprint density at radius 1 is 0.947 bits per heavy atom. The fourth-order valence-corrected chi connectivity index (χ4v) is 4.26. The summed E-state index contributed by atoms with van der Waals surface area (Å²) in [4.78, 5) is 25.5. The van der Waals surface area contributed by atoms with E-state index in [1.807, 2.05) is 0 Å². The molecule has 0 bridgehead atoms. The molecule has 0 amide bonds. The van der Waals surface area contributed by atoms with E-state index < -0.39 is 29.9 Å². The molecule has 0 radical (unpaired) electrons. The number of Topliss-reactive ketones (excluding diaryl/α,β-unsaturated/α-hetero) is 1. The number of allylic oxidation sites excluding steroid dienone is 2. The maximum atomic E-state index is 12.8. The monoisotopic (exact) mass is 532 g/mol. The number of methoxy groups -OCH3 is 1. The molecule has 7 nitrogen and oxygen atoms in total. The fourth-order valence-electron chi connectivity index (χ4n) is 4.26. The molecule has 2 unspecified atom stereocenters. The van der Waals surface area contributed by atoms with Crippen molar-refractivity contribution < 1.29 is 34.8 Å². The highest BCUT2D eigenvalue weighted by Gasteiger charge is 2.47. The minimum Gasteiger partial charge on any atom is -0.504 e. The van der Waals surface area contributed by atoms with Crippen molar-refractivity contribution in [1.29, 1.82) is 0 Å². The number of aliphatic hydroxyl groups is 3. The van der Waals surface area contributed by atoms with Crippen molar-refractivity contribution in [1.82, 2.24) is 0 Å². The summed E-state index contributed by atoms with van der Waals surface area (Å²) in [5, 5.41) is 40.0. The predicted octanol–water partition coefficient (Wildman–Crippen LogP) is 5.67. The second-order valence-corrected chi connectivity index (χ2v) is 9.85. The lowest BCUT2D eigenvalue weighted by atomic mass is 9.84. The zero-order valence-electron chi connectivity index (χ0n) is 23.2. The molecule has 0 saturated heterocycles. The Morgan fingerprint density at radius 3 is 2.11 bits per heavy atom. The smallest absolute Gasteiger partial charge is 0.213 e. The number of benzene rings is 1. The molecule has 1 aromatic rings. The van der Waals surface area contributed by atoms with Gasteiger partial charge >= 0.3 is 0 Å². The van der Waals surface area contributed by atoms with E-state index in [1.54, 1.807) is 0 Å². The number of ketones is 2. The molecule has 1 rings (SSSR count). The van der Waals surface area contributed by atoms with Crippen molar-refractivity contribution in [3.63, 3.8) is 0 Å². The van der Waals surface area contributed by atoms with Crippen LogP contribution in [0.4, 0.5) is 0 Å². The van der Waals surface area contributed by atoms with Gasteiger partial charge in [0.15, 0.2) is 23.1 Å². The number of aliphatic hydroxyl groups excluding tert-OH is 2. The Kier molecular flexibility index (Phi) is 17.3. The summed E-state index contributed by atoms with van der Waals surface area (Å²) in [6.45, 7) is 1.30. The molecule has 0 aliphatic rings. The predicted molar refractivity (Wildman–Crippen MR) is 151 cm³/mol. The minimum absolute atomic E-state index is 0.0710. The van der Waals surface area contributed by atoms with E-state index in [0.717, 1.165) is 44.6 Å². The number of phenols is 1. The van der Waals surface area contributed by atoms with Crippen LogP contribution in [0.25, 0.3) is 6.08 Å². The number of ether oxygens (including phenoxy) is 1. The number of phenolic OH excluding ortho intramolecular Hbond substituents is 1. The summed E-state index contributed by atoms with van der Waals surface area (Å²) in [6, 6.07) is 4.39. The second-order valence-electron chi connectivity index (χ2n) is 9.85. The summed E-state index contributed by atoms with van der Waals surface area (Å²) in [6.07, 6.45) is 19.2. The molecular formula is C31H48O7. The third-order valence-corrected chi connectivity index (χ3v) is 6.75. The number of unbranched alkanes of at least 4 members (excludes halogenated alkanes) is 11. The quantitative estimate of drug-likeness (QED) is 0.0656. The maximum absolute atomic E-state index is 12.8. The van der Waals surface area contributed by atoms with E-state index in [1.165, 1.54) is 69.9 Å². The van der Waals surface area contributed by atoms with Gasteiger partial charge < -0.3 is 25.2 Å². The zero-order valence-corrected chi connectivity index (χ0v) is 23.2. The number of aromatic hydroxyl groups is 1. The van der Waals surface area contributed by atoms with Crippen LogP contribution < -0.4 is 4.74 Å².